The highest BCUT2D eigenvalue weighted by Crippen LogP contribution is 2.24. The standard InChI is InChI=1S/C16H11IN4O2S/c17-14-8-13(21(22)23)7-6-12(14)9-18-20-16-19-15(10-24-16)11-4-2-1-3-5-11/h1-10H,(H,19,20). The van der Waals surface area contributed by atoms with E-state index in [1.807, 2.05) is 58.3 Å². The van der Waals surface area contributed by atoms with Gasteiger partial charge in [0.2, 0.25) is 5.13 Å². The van der Waals surface area contributed by atoms with Gasteiger partial charge in [-0.2, -0.15) is 5.10 Å². The number of aromatic nitrogens is 1. The molecule has 120 valence electrons. The third-order valence-corrected chi connectivity index (χ3v) is 4.81. The number of hydrogen-bond acceptors (Lipinski definition) is 6. The van der Waals surface area contributed by atoms with E-state index < -0.39 is 4.92 Å². The lowest BCUT2D eigenvalue weighted by atomic mass is 10.2. The molecule has 0 aliphatic heterocycles. The Labute approximate surface area is 155 Å². The first-order valence-corrected chi connectivity index (χ1v) is 8.83. The molecule has 0 fully saturated rings. The molecule has 0 bridgehead atoms. The summed E-state index contributed by atoms with van der Waals surface area (Å²) >= 11 is 3.51. The summed E-state index contributed by atoms with van der Waals surface area (Å²) in [7, 11) is 0. The number of nitro benzene ring substituents is 1. The minimum absolute atomic E-state index is 0.0666. The van der Waals surface area contributed by atoms with Crippen LogP contribution in [0.25, 0.3) is 11.3 Å². The predicted octanol–water partition coefficient (Wildman–Crippen LogP) is 4.77. The number of nitrogens with zero attached hydrogens (tertiary/aromatic N) is 3. The Morgan fingerprint density at radius 2 is 2.04 bits per heavy atom. The van der Waals surface area contributed by atoms with Gasteiger partial charge in [0, 0.05) is 32.2 Å². The van der Waals surface area contributed by atoms with Gasteiger partial charge in [0.1, 0.15) is 0 Å². The lowest BCUT2D eigenvalue weighted by Gasteiger charge is -1.98. The van der Waals surface area contributed by atoms with E-state index in [4.69, 9.17) is 0 Å². The van der Waals surface area contributed by atoms with Gasteiger partial charge < -0.3 is 0 Å². The molecule has 8 heteroatoms. The number of benzene rings is 2. The van der Waals surface area contributed by atoms with Gasteiger partial charge in [0.15, 0.2) is 0 Å². The van der Waals surface area contributed by atoms with Gasteiger partial charge in [0.05, 0.1) is 16.8 Å². The highest BCUT2D eigenvalue weighted by Gasteiger charge is 2.08. The first kappa shape index (κ1) is 16.5. The molecule has 0 spiro atoms. The van der Waals surface area contributed by atoms with Crippen molar-refractivity contribution in [1.29, 1.82) is 0 Å². The molecular weight excluding hydrogens is 439 g/mol. The van der Waals surface area contributed by atoms with Gasteiger partial charge >= 0.3 is 0 Å². The van der Waals surface area contributed by atoms with Gasteiger partial charge in [-0.25, -0.2) is 4.98 Å². The lowest BCUT2D eigenvalue weighted by molar-refractivity contribution is -0.384. The zero-order valence-corrected chi connectivity index (χ0v) is 15.2. The Morgan fingerprint density at radius 1 is 1.25 bits per heavy atom. The zero-order valence-electron chi connectivity index (χ0n) is 12.2. The van der Waals surface area contributed by atoms with Gasteiger partial charge in [-0.15, -0.1) is 11.3 Å². The Bertz CT molecular complexity index is 896. The summed E-state index contributed by atoms with van der Waals surface area (Å²) < 4.78 is 0.761. The lowest BCUT2D eigenvalue weighted by Crippen LogP contribution is -1.94. The van der Waals surface area contributed by atoms with E-state index in [9.17, 15) is 10.1 Å². The monoisotopic (exact) mass is 450 g/mol. The molecule has 0 atom stereocenters. The maximum atomic E-state index is 10.7. The largest absolute Gasteiger partial charge is 0.270 e. The fraction of sp³-hybridized carbons (Fsp3) is 0. The summed E-state index contributed by atoms with van der Waals surface area (Å²) in [5.41, 5.74) is 5.70. The fourth-order valence-electron chi connectivity index (χ4n) is 1.96. The van der Waals surface area contributed by atoms with E-state index in [1.165, 1.54) is 23.5 Å². The van der Waals surface area contributed by atoms with Crippen molar-refractivity contribution in [2.75, 3.05) is 5.43 Å². The average Bonchev–Trinajstić information content (AvgIpc) is 3.06. The maximum absolute atomic E-state index is 10.7. The first-order chi connectivity index (χ1) is 11.6. The van der Waals surface area contributed by atoms with Crippen LogP contribution in [0.5, 0.6) is 0 Å². The molecule has 0 saturated carbocycles. The van der Waals surface area contributed by atoms with Crippen LogP contribution in [-0.2, 0) is 0 Å². The summed E-state index contributed by atoms with van der Waals surface area (Å²) in [5, 5.41) is 17.5. The second kappa shape index (κ2) is 7.49. The van der Waals surface area contributed by atoms with Crippen molar-refractivity contribution in [3.63, 3.8) is 0 Å². The van der Waals surface area contributed by atoms with Crippen molar-refractivity contribution < 1.29 is 4.92 Å². The second-order valence-corrected chi connectivity index (χ2v) is 6.76. The first-order valence-electron chi connectivity index (χ1n) is 6.87. The Morgan fingerprint density at radius 3 is 2.75 bits per heavy atom. The fourth-order valence-corrected chi connectivity index (χ4v) is 3.26. The highest BCUT2D eigenvalue weighted by molar-refractivity contribution is 14.1. The second-order valence-electron chi connectivity index (χ2n) is 4.74. The molecule has 0 aliphatic carbocycles. The van der Waals surface area contributed by atoms with E-state index in [1.54, 1.807) is 12.3 Å². The molecule has 0 amide bonds. The van der Waals surface area contributed by atoms with E-state index in [0.29, 0.717) is 5.13 Å². The minimum atomic E-state index is -0.415. The molecule has 1 N–H and O–H groups in total. The van der Waals surface area contributed by atoms with Crippen molar-refractivity contribution in [3.05, 3.63) is 73.2 Å². The zero-order chi connectivity index (χ0) is 16.9. The summed E-state index contributed by atoms with van der Waals surface area (Å²) in [6.45, 7) is 0. The molecule has 3 aromatic rings. The van der Waals surface area contributed by atoms with Crippen LogP contribution in [0.15, 0.2) is 59.0 Å². The molecule has 1 heterocycles. The Hall–Kier alpha value is -2.33. The van der Waals surface area contributed by atoms with Crippen molar-refractivity contribution in [1.82, 2.24) is 4.98 Å². The third-order valence-electron chi connectivity index (χ3n) is 3.13. The van der Waals surface area contributed by atoms with Crippen molar-refractivity contribution in [2.24, 2.45) is 5.10 Å². The van der Waals surface area contributed by atoms with Gasteiger partial charge in [-0.1, -0.05) is 30.3 Å². The van der Waals surface area contributed by atoms with Crippen LogP contribution < -0.4 is 5.43 Å². The number of anilines is 1. The molecule has 6 nitrogen and oxygen atoms in total. The van der Waals surface area contributed by atoms with E-state index in [2.05, 4.69) is 15.5 Å². The number of rotatable bonds is 5. The molecule has 1 aromatic heterocycles. The van der Waals surface area contributed by atoms with E-state index >= 15 is 0 Å². The predicted molar refractivity (Wildman–Crippen MR) is 105 cm³/mol. The van der Waals surface area contributed by atoms with Gasteiger partial charge in [-0.05, 0) is 28.7 Å². The summed E-state index contributed by atoms with van der Waals surface area (Å²) in [6, 6.07) is 14.5. The number of thiazole rings is 1. The summed E-state index contributed by atoms with van der Waals surface area (Å²) in [6.07, 6.45) is 1.62. The van der Waals surface area contributed by atoms with Crippen LogP contribution in [-0.4, -0.2) is 16.1 Å². The van der Waals surface area contributed by atoms with Crippen LogP contribution in [0.1, 0.15) is 5.56 Å². The number of nitro groups is 1. The maximum Gasteiger partial charge on any atom is 0.270 e. The quantitative estimate of drug-likeness (QED) is 0.263. The molecule has 0 aliphatic rings. The third kappa shape index (κ3) is 3.95. The normalized spacial score (nSPS) is 10.9. The smallest absolute Gasteiger partial charge is 0.258 e. The molecule has 0 radical (unpaired) electrons. The van der Waals surface area contributed by atoms with Crippen molar-refractivity contribution in [2.45, 2.75) is 0 Å². The molecule has 0 saturated heterocycles. The van der Waals surface area contributed by atoms with Crippen LogP contribution in [0.4, 0.5) is 10.8 Å². The van der Waals surface area contributed by atoms with Crippen molar-refractivity contribution >= 4 is 51.0 Å². The summed E-state index contributed by atoms with van der Waals surface area (Å²) in [4.78, 5) is 14.8. The molecule has 2 aromatic carbocycles. The number of hydrazone groups is 1. The number of nitrogens with one attached hydrogen (secondary N) is 1. The Kier molecular flexibility index (Phi) is 5.16. The van der Waals surface area contributed by atoms with Gasteiger partial charge in [-0.3, -0.25) is 15.5 Å². The SMILES string of the molecule is O=[N+]([O-])c1ccc(C=NNc2nc(-c3ccccc3)cs2)c(I)c1. The number of halogens is 1. The van der Waals surface area contributed by atoms with E-state index in [-0.39, 0.29) is 5.69 Å². The van der Waals surface area contributed by atoms with Crippen LogP contribution >= 0.6 is 33.9 Å². The highest BCUT2D eigenvalue weighted by atomic mass is 127. The number of hydrogen-bond donors (Lipinski definition) is 1. The average molecular weight is 450 g/mol. The molecule has 3 rings (SSSR count). The molecule has 24 heavy (non-hydrogen) atoms. The van der Waals surface area contributed by atoms with Crippen LogP contribution in [0.3, 0.4) is 0 Å². The molecule has 0 unspecified atom stereocenters. The Balaban J connectivity index is 1.69. The van der Waals surface area contributed by atoms with Crippen molar-refractivity contribution in [3.8, 4) is 11.3 Å². The molecular formula is C16H11IN4O2S. The number of non-ortho nitro benzene ring substituents is 1. The topological polar surface area (TPSA) is 80.4 Å². The summed E-state index contributed by atoms with van der Waals surface area (Å²) in [5.74, 6) is 0. The van der Waals surface area contributed by atoms with Crippen LogP contribution in [0.2, 0.25) is 0 Å². The van der Waals surface area contributed by atoms with E-state index in [0.717, 1.165) is 20.4 Å². The van der Waals surface area contributed by atoms with Gasteiger partial charge in [0.25, 0.3) is 5.69 Å². The minimum Gasteiger partial charge on any atom is -0.258 e. The van der Waals surface area contributed by atoms with Crippen LogP contribution in [0, 0.1) is 13.7 Å².